The first-order valence-electron chi connectivity index (χ1n) is 9.04. The zero-order valence-electron chi connectivity index (χ0n) is 17.2. The molecule has 0 bridgehead atoms. The van der Waals surface area contributed by atoms with E-state index in [0.717, 1.165) is 10.6 Å². The SMILES string of the molecule is Cc1ccccc1N(CC(=O)OCC(=O)Nc1ccc(C(F)(F)F)cc1[N+](=O)[O-])S(C)(=O)=O. The van der Waals surface area contributed by atoms with Crippen LogP contribution in [0, 0.1) is 17.0 Å². The molecule has 0 fully saturated rings. The zero-order valence-corrected chi connectivity index (χ0v) is 18.1. The lowest BCUT2D eigenvalue weighted by molar-refractivity contribution is -0.384. The highest BCUT2D eigenvalue weighted by atomic mass is 32.2. The van der Waals surface area contributed by atoms with Crippen LogP contribution in [-0.4, -0.2) is 44.6 Å². The Balaban J connectivity index is 2.08. The van der Waals surface area contributed by atoms with Crippen LogP contribution in [-0.2, 0) is 30.5 Å². The molecule has 0 aliphatic rings. The van der Waals surface area contributed by atoms with Crippen molar-refractivity contribution in [1.29, 1.82) is 0 Å². The van der Waals surface area contributed by atoms with Crippen molar-refractivity contribution in [3.63, 3.8) is 0 Å². The first kappa shape index (κ1) is 25.6. The van der Waals surface area contributed by atoms with E-state index in [-0.39, 0.29) is 11.8 Å². The van der Waals surface area contributed by atoms with Crippen LogP contribution >= 0.6 is 0 Å². The van der Waals surface area contributed by atoms with Crippen LogP contribution in [0.25, 0.3) is 0 Å². The monoisotopic (exact) mass is 489 g/mol. The lowest BCUT2D eigenvalue weighted by Crippen LogP contribution is -2.37. The first-order valence-corrected chi connectivity index (χ1v) is 10.9. The molecule has 0 radical (unpaired) electrons. The van der Waals surface area contributed by atoms with E-state index < -0.39 is 63.1 Å². The summed E-state index contributed by atoms with van der Waals surface area (Å²) in [5.74, 6) is -2.17. The molecule has 0 atom stereocenters. The Morgan fingerprint density at radius 1 is 1.18 bits per heavy atom. The van der Waals surface area contributed by atoms with Crippen LogP contribution in [0.4, 0.5) is 30.2 Å². The molecule has 0 saturated heterocycles. The van der Waals surface area contributed by atoms with Crippen molar-refractivity contribution in [2.45, 2.75) is 13.1 Å². The number of nitrogens with zero attached hydrogens (tertiary/aromatic N) is 2. The lowest BCUT2D eigenvalue weighted by atomic mass is 10.1. The number of para-hydroxylation sites is 1. The molecule has 14 heteroatoms. The average molecular weight is 489 g/mol. The minimum absolute atomic E-state index is 0.224. The number of hydrogen-bond acceptors (Lipinski definition) is 7. The second-order valence-corrected chi connectivity index (χ2v) is 8.66. The summed E-state index contributed by atoms with van der Waals surface area (Å²) >= 11 is 0. The van der Waals surface area contributed by atoms with Crippen molar-refractivity contribution < 1.29 is 40.8 Å². The van der Waals surface area contributed by atoms with Crippen molar-refractivity contribution >= 4 is 39.0 Å². The van der Waals surface area contributed by atoms with E-state index in [2.05, 4.69) is 0 Å². The van der Waals surface area contributed by atoms with Gasteiger partial charge in [0, 0.05) is 6.07 Å². The Morgan fingerprint density at radius 2 is 1.82 bits per heavy atom. The van der Waals surface area contributed by atoms with Gasteiger partial charge in [0.25, 0.3) is 11.6 Å². The Bertz CT molecular complexity index is 1180. The van der Waals surface area contributed by atoms with Gasteiger partial charge in [-0.05, 0) is 30.7 Å². The fourth-order valence-corrected chi connectivity index (χ4v) is 3.59. The topological polar surface area (TPSA) is 136 Å². The number of nitro groups is 1. The van der Waals surface area contributed by atoms with Crippen molar-refractivity contribution in [2.24, 2.45) is 0 Å². The standard InChI is InChI=1S/C19H18F3N3O7S/c1-12-5-3-4-6-15(12)24(33(2,30)31)10-18(27)32-11-17(26)23-14-8-7-13(19(20,21)22)9-16(14)25(28)29/h3-9H,10-11H2,1-2H3,(H,23,26). The molecule has 10 nitrogen and oxygen atoms in total. The number of esters is 1. The Morgan fingerprint density at radius 3 is 2.36 bits per heavy atom. The van der Waals surface area contributed by atoms with Gasteiger partial charge in [0.1, 0.15) is 12.2 Å². The number of hydrogen-bond donors (Lipinski definition) is 1. The molecule has 2 aromatic carbocycles. The number of sulfonamides is 1. The van der Waals surface area contributed by atoms with Crippen molar-refractivity contribution in [3.8, 4) is 0 Å². The normalized spacial score (nSPS) is 11.5. The molecule has 1 N–H and O–H groups in total. The second-order valence-electron chi connectivity index (χ2n) is 6.75. The molecule has 1 amide bonds. The number of benzene rings is 2. The largest absolute Gasteiger partial charge is 0.454 e. The predicted octanol–water partition coefficient (Wildman–Crippen LogP) is 2.87. The van der Waals surface area contributed by atoms with Gasteiger partial charge in [-0.3, -0.25) is 24.0 Å². The van der Waals surface area contributed by atoms with E-state index in [9.17, 15) is 41.3 Å². The summed E-state index contributed by atoms with van der Waals surface area (Å²) in [5, 5.41) is 13.1. The van der Waals surface area contributed by atoms with Crippen LogP contribution in [0.3, 0.4) is 0 Å². The first-order chi connectivity index (χ1) is 15.2. The smallest absolute Gasteiger partial charge is 0.416 e. The third kappa shape index (κ3) is 6.90. The average Bonchev–Trinajstić information content (AvgIpc) is 2.69. The predicted molar refractivity (Wildman–Crippen MR) is 111 cm³/mol. The molecule has 0 saturated carbocycles. The zero-order chi connectivity index (χ0) is 25.0. The molecule has 2 rings (SSSR count). The van der Waals surface area contributed by atoms with Crippen molar-refractivity contribution in [3.05, 3.63) is 63.7 Å². The van der Waals surface area contributed by atoms with Crippen LogP contribution in [0.15, 0.2) is 42.5 Å². The summed E-state index contributed by atoms with van der Waals surface area (Å²) in [6.45, 7) is -0.0803. The molecule has 0 heterocycles. The Hall–Kier alpha value is -3.68. The summed E-state index contributed by atoms with van der Waals surface area (Å²) in [7, 11) is -3.89. The fourth-order valence-electron chi connectivity index (χ4n) is 2.68. The molecule has 0 spiro atoms. The van der Waals surface area contributed by atoms with Gasteiger partial charge in [-0.15, -0.1) is 0 Å². The lowest BCUT2D eigenvalue weighted by Gasteiger charge is -2.23. The van der Waals surface area contributed by atoms with E-state index in [1.807, 2.05) is 5.32 Å². The number of nitrogens with one attached hydrogen (secondary N) is 1. The summed E-state index contributed by atoms with van der Waals surface area (Å²) in [4.78, 5) is 34.1. The highest BCUT2D eigenvalue weighted by Crippen LogP contribution is 2.35. The number of alkyl halides is 3. The number of anilines is 2. The quantitative estimate of drug-likeness (QED) is 0.342. The van der Waals surface area contributed by atoms with Gasteiger partial charge in [0.05, 0.1) is 22.4 Å². The van der Waals surface area contributed by atoms with Crippen molar-refractivity contribution in [2.75, 3.05) is 29.0 Å². The van der Waals surface area contributed by atoms with Crippen molar-refractivity contribution in [1.82, 2.24) is 0 Å². The van der Waals surface area contributed by atoms with Crippen LogP contribution in [0.1, 0.15) is 11.1 Å². The number of ether oxygens (including phenoxy) is 1. The molecule has 2 aromatic rings. The summed E-state index contributed by atoms with van der Waals surface area (Å²) in [5.41, 5.74) is -2.04. The number of halogens is 3. The fraction of sp³-hybridized carbons (Fsp3) is 0.263. The maximum atomic E-state index is 12.8. The van der Waals surface area contributed by atoms with Gasteiger partial charge in [-0.2, -0.15) is 13.2 Å². The van der Waals surface area contributed by atoms with E-state index in [4.69, 9.17) is 4.74 Å². The maximum Gasteiger partial charge on any atom is 0.416 e. The summed E-state index contributed by atoms with van der Waals surface area (Å²) in [6.07, 6.45) is -3.95. The van der Waals surface area contributed by atoms with Gasteiger partial charge >= 0.3 is 12.1 Å². The van der Waals surface area contributed by atoms with Crippen LogP contribution in [0.2, 0.25) is 0 Å². The third-order valence-electron chi connectivity index (χ3n) is 4.22. The van der Waals surface area contributed by atoms with Gasteiger partial charge in [-0.25, -0.2) is 8.42 Å². The minimum atomic E-state index is -4.83. The number of amides is 1. The molecule has 0 aliphatic carbocycles. The second kappa shape index (κ2) is 9.85. The van der Waals surface area contributed by atoms with Crippen LogP contribution < -0.4 is 9.62 Å². The molecule has 178 valence electrons. The summed E-state index contributed by atoms with van der Waals surface area (Å²) in [6, 6.07) is 7.83. The summed E-state index contributed by atoms with van der Waals surface area (Å²) < 4.78 is 68.0. The number of carbonyl (C=O) groups excluding carboxylic acids is 2. The number of rotatable bonds is 8. The van der Waals surface area contributed by atoms with Gasteiger partial charge in [0.15, 0.2) is 6.61 Å². The van der Waals surface area contributed by atoms with E-state index in [1.165, 1.54) is 6.07 Å². The minimum Gasteiger partial charge on any atom is -0.454 e. The molecule has 0 unspecified atom stereocenters. The molecule has 0 aromatic heterocycles. The molecule has 33 heavy (non-hydrogen) atoms. The van der Waals surface area contributed by atoms with Gasteiger partial charge in [0.2, 0.25) is 10.0 Å². The van der Waals surface area contributed by atoms with Gasteiger partial charge < -0.3 is 10.1 Å². The Labute approximate surface area is 186 Å². The number of nitro benzene ring substituents is 1. The maximum absolute atomic E-state index is 12.8. The highest BCUT2D eigenvalue weighted by Gasteiger charge is 2.33. The molecular formula is C19H18F3N3O7S. The number of aryl methyl sites for hydroxylation is 1. The number of carbonyl (C=O) groups is 2. The molecule has 0 aliphatic heterocycles. The Kier molecular flexibility index (Phi) is 7.64. The van der Waals surface area contributed by atoms with E-state index in [1.54, 1.807) is 25.1 Å². The third-order valence-corrected chi connectivity index (χ3v) is 5.34. The molecular weight excluding hydrogens is 471 g/mol. The highest BCUT2D eigenvalue weighted by molar-refractivity contribution is 7.92. The van der Waals surface area contributed by atoms with Gasteiger partial charge in [-0.1, -0.05) is 18.2 Å². The van der Waals surface area contributed by atoms with Crippen LogP contribution in [0.5, 0.6) is 0 Å². The van der Waals surface area contributed by atoms with E-state index >= 15 is 0 Å². The van der Waals surface area contributed by atoms with E-state index in [0.29, 0.717) is 17.7 Å².